The van der Waals surface area contributed by atoms with Crippen molar-refractivity contribution >= 4 is 15.9 Å². The average molecular weight is 384 g/mol. The number of hydrogen-bond donors (Lipinski definition) is 0. The number of halogens is 2. The van der Waals surface area contributed by atoms with Crippen LogP contribution in [0.4, 0.5) is 8.78 Å². The molecule has 1 unspecified atom stereocenters. The summed E-state index contributed by atoms with van der Waals surface area (Å²) >= 11 is 0. The molecule has 5 nitrogen and oxygen atoms in total. The number of amides is 1. The minimum atomic E-state index is -3.97. The van der Waals surface area contributed by atoms with Gasteiger partial charge in [0.25, 0.3) is 0 Å². The third-order valence-corrected chi connectivity index (χ3v) is 7.11. The molecule has 0 N–H and O–H groups in total. The first-order valence-corrected chi connectivity index (χ1v) is 10.1. The highest BCUT2D eigenvalue weighted by molar-refractivity contribution is 7.89. The second-order valence-electron chi connectivity index (χ2n) is 6.89. The van der Waals surface area contributed by atoms with Crippen LogP contribution in [0.5, 0.6) is 0 Å². The topological polar surface area (TPSA) is 57.7 Å². The van der Waals surface area contributed by atoms with Gasteiger partial charge >= 0.3 is 0 Å². The molecule has 2 heterocycles. The van der Waals surface area contributed by atoms with Crippen LogP contribution in [0.2, 0.25) is 0 Å². The number of rotatable bonds is 4. The molecule has 2 aliphatic heterocycles. The summed E-state index contributed by atoms with van der Waals surface area (Å²) < 4.78 is 53.8. The number of sulfonamides is 1. The van der Waals surface area contributed by atoms with Gasteiger partial charge in [-0.3, -0.25) is 4.79 Å². The van der Waals surface area contributed by atoms with Gasteiger partial charge in [0.2, 0.25) is 15.9 Å². The molecule has 0 bridgehead atoms. The highest BCUT2D eigenvalue weighted by Crippen LogP contribution is 2.38. The van der Waals surface area contributed by atoms with Gasteiger partial charge in [-0.05, 0) is 43.9 Å². The second kappa shape index (κ2) is 7.08. The van der Waals surface area contributed by atoms with Crippen molar-refractivity contribution in [2.75, 3.05) is 19.6 Å². The van der Waals surface area contributed by atoms with Gasteiger partial charge in [-0.25, -0.2) is 17.2 Å². The van der Waals surface area contributed by atoms with Crippen LogP contribution in [-0.4, -0.2) is 48.7 Å². The van der Waals surface area contributed by atoms with Crippen molar-refractivity contribution in [3.05, 3.63) is 42.5 Å². The number of benzene rings is 1. The molecule has 1 aromatic rings. The van der Waals surface area contributed by atoms with Gasteiger partial charge < -0.3 is 4.90 Å². The molecule has 1 atom stereocenters. The molecule has 1 amide bonds. The zero-order valence-corrected chi connectivity index (χ0v) is 15.3. The third kappa shape index (κ3) is 3.27. The molecule has 3 rings (SSSR count). The Labute approximate surface area is 152 Å². The van der Waals surface area contributed by atoms with Crippen molar-refractivity contribution in [3.8, 4) is 0 Å². The van der Waals surface area contributed by atoms with E-state index >= 15 is 0 Å². The van der Waals surface area contributed by atoms with Gasteiger partial charge in [0.15, 0.2) is 11.6 Å². The maximum Gasteiger partial charge on any atom is 0.243 e. The lowest BCUT2D eigenvalue weighted by molar-refractivity contribution is -0.143. The fourth-order valence-electron chi connectivity index (χ4n) is 4.01. The third-order valence-electron chi connectivity index (χ3n) is 5.27. The zero-order chi connectivity index (χ0) is 18.9. The van der Waals surface area contributed by atoms with Gasteiger partial charge in [0, 0.05) is 26.1 Å². The van der Waals surface area contributed by atoms with Gasteiger partial charge in [-0.15, -0.1) is 6.58 Å². The summed E-state index contributed by atoms with van der Waals surface area (Å²) in [5, 5.41) is 0. The molecule has 0 aliphatic carbocycles. The number of nitrogens with zero attached hydrogens (tertiary/aromatic N) is 2. The monoisotopic (exact) mass is 384 g/mol. The normalized spacial score (nSPS) is 24.8. The van der Waals surface area contributed by atoms with Crippen molar-refractivity contribution in [1.82, 2.24) is 9.21 Å². The molecule has 0 radical (unpaired) electrons. The molecule has 2 fully saturated rings. The van der Waals surface area contributed by atoms with E-state index in [1.54, 1.807) is 11.0 Å². The summed E-state index contributed by atoms with van der Waals surface area (Å²) in [6, 6.07) is 2.60. The first kappa shape index (κ1) is 19.0. The number of likely N-dealkylation sites (tertiary alicyclic amines) is 1. The molecular weight excluding hydrogens is 362 g/mol. The summed E-state index contributed by atoms with van der Waals surface area (Å²) in [5.41, 5.74) is -0.562. The summed E-state index contributed by atoms with van der Waals surface area (Å²) in [6.07, 6.45) is 4.85. The lowest BCUT2D eigenvalue weighted by atomic mass is 9.80. The molecule has 8 heteroatoms. The van der Waals surface area contributed by atoms with Crippen LogP contribution < -0.4 is 0 Å². The Balaban J connectivity index is 1.92. The van der Waals surface area contributed by atoms with E-state index in [0.29, 0.717) is 38.4 Å². The molecule has 2 aliphatic rings. The molecule has 1 spiro atoms. The minimum Gasteiger partial charge on any atom is -0.332 e. The van der Waals surface area contributed by atoms with E-state index in [0.717, 1.165) is 25.0 Å². The predicted octanol–water partition coefficient (Wildman–Crippen LogP) is 2.69. The molecule has 1 aromatic carbocycles. The van der Waals surface area contributed by atoms with E-state index in [4.69, 9.17) is 0 Å². The largest absolute Gasteiger partial charge is 0.332 e. The quantitative estimate of drug-likeness (QED) is 0.750. The summed E-state index contributed by atoms with van der Waals surface area (Å²) in [6.45, 7) is 4.52. The Kier molecular flexibility index (Phi) is 5.16. The zero-order valence-electron chi connectivity index (χ0n) is 14.5. The predicted molar refractivity (Wildman–Crippen MR) is 92.8 cm³/mol. The Hall–Kier alpha value is -1.80. The van der Waals surface area contributed by atoms with E-state index < -0.39 is 27.2 Å². The number of carbonyl (C=O) groups excluding carboxylic acids is 1. The average Bonchev–Trinajstić information content (AvgIpc) is 2.61. The SMILES string of the molecule is C=CCN1C(=O)CCCC12CCCN(S(=O)(=O)c1ccc(F)c(F)c1)C2. The fraction of sp³-hybridized carbons (Fsp3) is 0.500. The molecule has 2 saturated heterocycles. The summed E-state index contributed by atoms with van der Waals surface area (Å²) in [5.74, 6) is -2.28. The number of hydrogen-bond acceptors (Lipinski definition) is 3. The van der Waals surface area contributed by atoms with Crippen molar-refractivity contribution in [2.24, 2.45) is 0 Å². The van der Waals surface area contributed by atoms with E-state index in [1.807, 2.05) is 0 Å². The number of piperidine rings is 2. The molecule has 26 heavy (non-hydrogen) atoms. The maximum atomic E-state index is 13.5. The Bertz CT molecular complexity index is 824. The van der Waals surface area contributed by atoms with Crippen LogP contribution in [0.3, 0.4) is 0 Å². The minimum absolute atomic E-state index is 0.00299. The maximum absolute atomic E-state index is 13.5. The standard InChI is InChI=1S/C18H22F2N2O3S/c1-2-10-22-17(23)5-3-8-18(22)9-4-11-21(13-18)26(24,25)14-6-7-15(19)16(20)12-14/h2,6-7,12H,1,3-5,8-11,13H2. The molecular formula is C18H22F2N2O3S. The van der Waals surface area contributed by atoms with E-state index in [1.165, 1.54) is 4.31 Å². The van der Waals surface area contributed by atoms with Crippen molar-refractivity contribution in [2.45, 2.75) is 42.5 Å². The van der Waals surface area contributed by atoms with E-state index in [2.05, 4.69) is 6.58 Å². The van der Waals surface area contributed by atoms with Crippen LogP contribution >= 0.6 is 0 Å². The van der Waals surface area contributed by atoms with Gasteiger partial charge in [-0.1, -0.05) is 6.08 Å². The van der Waals surface area contributed by atoms with Crippen LogP contribution in [0.1, 0.15) is 32.1 Å². The Morgan fingerprint density at radius 1 is 1.19 bits per heavy atom. The first-order chi connectivity index (χ1) is 12.3. The van der Waals surface area contributed by atoms with Crippen molar-refractivity contribution in [1.29, 1.82) is 0 Å². The number of carbonyl (C=O) groups is 1. The molecule has 0 saturated carbocycles. The van der Waals surface area contributed by atoms with Gasteiger partial charge in [0.1, 0.15) is 0 Å². The highest BCUT2D eigenvalue weighted by Gasteiger charge is 2.47. The Morgan fingerprint density at radius 3 is 2.62 bits per heavy atom. The van der Waals surface area contributed by atoms with Crippen LogP contribution in [0, 0.1) is 11.6 Å². The van der Waals surface area contributed by atoms with Crippen molar-refractivity contribution < 1.29 is 22.0 Å². The van der Waals surface area contributed by atoms with Crippen LogP contribution in [-0.2, 0) is 14.8 Å². The summed E-state index contributed by atoms with van der Waals surface area (Å²) in [7, 11) is -3.97. The van der Waals surface area contributed by atoms with Gasteiger partial charge in [0.05, 0.1) is 10.4 Å². The first-order valence-electron chi connectivity index (χ1n) is 8.67. The van der Waals surface area contributed by atoms with Gasteiger partial charge in [-0.2, -0.15) is 4.31 Å². The summed E-state index contributed by atoms with van der Waals surface area (Å²) in [4.78, 5) is 13.8. The lowest BCUT2D eigenvalue weighted by Gasteiger charge is -2.51. The van der Waals surface area contributed by atoms with E-state index in [-0.39, 0.29) is 17.3 Å². The molecule has 142 valence electrons. The van der Waals surface area contributed by atoms with Crippen LogP contribution in [0.25, 0.3) is 0 Å². The highest BCUT2D eigenvalue weighted by atomic mass is 32.2. The smallest absolute Gasteiger partial charge is 0.243 e. The Morgan fingerprint density at radius 2 is 1.92 bits per heavy atom. The second-order valence-corrected chi connectivity index (χ2v) is 8.83. The lowest BCUT2D eigenvalue weighted by Crippen LogP contribution is -2.63. The van der Waals surface area contributed by atoms with Crippen LogP contribution in [0.15, 0.2) is 35.7 Å². The van der Waals surface area contributed by atoms with Crippen molar-refractivity contribution in [3.63, 3.8) is 0 Å². The molecule has 0 aromatic heterocycles. The van der Waals surface area contributed by atoms with E-state index in [9.17, 15) is 22.0 Å². The fourth-order valence-corrected chi connectivity index (χ4v) is 5.58.